The molecule has 0 spiro atoms. The van der Waals surface area contributed by atoms with Gasteiger partial charge < -0.3 is 37.8 Å². The van der Waals surface area contributed by atoms with E-state index in [0.717, 1.165) is 22.3 Å². The lowest BCUT2D eigenvalue weighted by atomic mass is 9.92. The molecule has 1 fully saturated rings. The highest BCUT2D eigenvalue weighted by Crippen LogP contribution is 2.53. The van der Waals surface area contributed by atoms with Crippen molar-refractivity contribution < 1.29 is 42.4 Å². The molecule has 0 bridgehead atoms. The summed E-state index contributed by atoms with van der Waals surface area (Å²) in [6.45, 7) is 4.59. The third kappa shape index (κ3) is 10.9. The molecule has 0 amide bonds. The van der Waals surface area contributed by atoms with Crippen LogP contribution in [0.4, 0.5) is 0 Å². The number of ether oxygens (including phenoxy) is 5. The van der Waals surface area contributed by atoms with E-state index in [1.54, 1.807) is 13.8 Å². The highest BCUT2D eigenvalue weighted by molar-refractivity contribution is 7.53. The SMILES string of the molecule is CCOP(=O)(C[C@]1(O)O[C@H](COCc2ccccc2)[C@@H](OCc2ccccc2)[C@H](OCc2ccccc2)[C@H]1OCc1ccccc1)OCC. The maximum atomic E-state index is 14.0. The Morgan fingerprint density at radius 2 is 1.02 bits per heavy atom. The van der Waals surface area contributed by atoms with Gasteiger partial charge in [0.15, 0.2) is 0 Å². The molecular weight excluding hydrogens is 643 g/mol. The minimum atomic E-state index is -3.87. The van der Waals surface area contributed by atoms with Crippen LogP contribution in [0.3, 0.4) is 0 Å². The first-order valence-corrected chi connectivity index (χ1v) is 18.5. The molecule has 0 radical (unpaired) electrons. The van der Waals surface area contributed by atoms with Crippen LogP contribution in [0, 0.1) is 0 Å². The minimum Gasteiger partial charge on any atom is -0.374 e. The monoisotopic (exact) mass is 690 g/mol. The summed E-state index contributed by atoms with van der Waals surface area (Å²) in [5, 5.41) is 12.6. The van der Waals surface area contributed by atoms with Crippen LogP contribution in [-0.4, -0.2) is 61.3 Å². The van der Waals surface area contributed by atoms with E-state index in [0.29, 0.717) is 6.61 Å². The van der Waals surface area contributed by atoms with Crippen molar-refractivity contribution in [2.75, 3.05) is 26.0 Å². The molecule has 0 aromatic heterocycles. The van der Waals surface area contributed by atoms with Crippen LogP contribution in [0.5, 0.6) is 0 Å². The molecule has 4 aromatic rings. The highest BCUT2D eigenvalue weighted by Gasteiger charge is 2.59. The van der Waals surface area contributed by atoms with Gasteiger partial charge in [-0.1, -0.05) is 121 Å². The fourth-order valence-corrected chi connectivity index (χ4v) is 7.72. The van der Waals surface area contributed by atoms with Crippen molar-refractivity contribution in [1.29, 1.82) is 0 Å². The van der Waals surface area contributed by atoms with Crippen LogP contribution < -0.4 is 0 Å². The molecule has 0 unspecified atom stereocenters. The van der Waals surface area contributed by atoms with Crippen LogP contribution in [-0.2, 0) is 63.7 Å². The van der Waals surface area contributed by atoms with Gasteiger partial charge in [-0.25, -0.2) is 0 Å². The molecule has 0 saturated carbocycles. The Bertz CT molecular complexity index is 1530. The summed E-state index contributed by atoms with van der Waals surface area (Å²) in [6, 6.07) is 38.9. The first-order chi connectivity index (χ1) is 23.9. The second-order valence-electron chi connectivity index (χ2n) is 11.8. The minimum absolute atomic E-state index is 0.0425. The molecule has 5 atom stereocenters. The molecule has 262 valence electrons. The molecule has 1 N–H and O–H groups in total. The predicted molar refractivity (Wildman–Crippen MR) is 187 cm³/mol. The van der Waals surface area contributed by atoms with Crippen LogP contribution in [0.1, 0.15) is 36.1 Å². The smallest absolute Gasteiger partial charge is 0.336 e. The molecule has 5 rings (SSSR count). The van der Waals surface area contributed by atoms with E-state index >= 15 is 0 Å². The van der Waals surface area contributed by atoms with Crippen molar-refractivity contribution >= 4 is 7.60 Å². The Balaban J connectivity index is 1.53. The van der Waals surface area contributed by atoms with Crippen molar-refractivity contribution in [2.45, 2.75) is 70.5 Å². The van der Waals surface area contributed by atoms with Gasteiger partial charge in [-0.15, -0.1) is 0 Å². The lowest BCUT2D eigenvalue weighted by Gasteiger charge is -2.50. The topological polar surface area (TPSA) is 102 Å². The maximum Gasteiger partial charge on any atom is 0.336 e. The van der Waals surface area contributed by atoms with E-state index < -0.39 is 44.0 Å². The molecule has 1 aliphatic heterocycles. The van der Waals surface area contributed by atoms with Crippen molar-refractivity contribution in [3.05, 3.63) is 144 Å². The summed E-state index contributed by atoms with van der Waals surface area (Å²) >= 11 is 0. The van der Waals surface area contributed by atoms with Crippen LogP contribution in [0.25, 0.3) is 0 Å². The third-order valence-corrected chi connectivity index (χ3v) is 10.2. The molecule has 9 nitrogen and oxygen atoms in total. The van der Waals surface area contributed by atoms with E-state index in [-0.39, 0.29) is 39.6 Å². The average Bonchev–Trinajstić information content (AvgIpc) is 3.11. The third-order valence-electron chi connectivity index (χ3n) is 8.10. The fourth-order valence-electron chi connectivity index (χ4n) is 5.86. The van der Waals surface area contributed by atoms with E-state index in [4.69, 9.17) is 32.7 Å². The first kappa shape index (κ1) is 37.1. The molecular formula is C39H47O9P. The van der Waals surface area contributed by atoms with E-state index in [1.165, 1.54) is 0 Å². The summed E-state index contributed by atoms with van der Waals surface area (Å²) in [7, 11) is -3.87. The standard InChI is InChI=1S/C39H47O9P/c1-3-46-49(41,47-4-2)30-39(40)38(45-28-34-23-15-8-16-24-34)37(44-27-33-21-13-7-14-22-33)36(43-26-32-19-11-6-12-20-32)35(48-39)29-42-25-31-17-9-5-10-18-31/h5-24,35-38,40H,3-4,25-30H2,1-2H3/t35-,36-,37+,38-,39+/m1/s1. The van der Waals surface area contributed by atoms with Gasteiger partial charge in [-0.3, -0.25) is 4.57 Å². The van der Waals surface area contributed by atoms with E-state index in [9.17, 15) is 9.67 Å². The quantitative estimate of drug-likeness (QED) is 0.102. The zero-order valence-electron chi connectivity index (χ0n) is 28.2. The Hall–Kier alpha value is -3.21. The predicted octanol–water partition coefficient (Wildman–Crippen LogP) is 7.31. The summed E-state index contributed by atoms with van der Waals surface area (Å²) in [5.74, 6) is -2.18. The maximum absolute atomic E-state index is 14.0. The van der Waals surface area contributed by atoms with E-state index in [1.807, 2.05) is 121 Å². The lowest BCUT2D eigenvalue weighted by molar-refractivity contribution is -0.362. The van der Waals surface area contributed by atoms with Crippen molar-refractivity contribution in [2.24, 2.45) is 0 Å². The van der Waals surface area contributed by atoms with Crippen LogP contribution in [0.15, 0.2) is 121 Å². The number of hydrogen-bond acceptors (Lipinski definition) is 9. The Kier molecular flexibility index (Phi) is 14.1. The first-order valence-electron chi connectivity index (χ1n) is 16.8. The van der Waals surface area contributed by atoms with Crippen LogP contribution in [0.2, 0.25) is 0 Å². The summed E-state index contributed by atoms with van der Waals surface area (Å²) < 4.78 is 58.0. The summed E-state index contributed by atoms with van der Waals surface area (Å²) in [6.07, 6.45) is -4.18. The zero-order valence-corrected chi connectivity index (χ0v) is 29.1. The Labute approximate surface area is 289 Å². The van der Waals surface area contributed by atoms with Gasteiger partial charge in [-0.05, 0) is 36.1 Å². The van der Waals surface area contributed by atoms with Gasteiger partial charge in [0.1, 0.15) is 30.6 Å². The molecule has 10 heteroatoms. The summed E-state index contributed by atoms with van der Waals surface area (Å²) in [5.41, 5.74) is 3.73. The van der Waals surface area contributed by atoms with Gasteiger partial charge in [0.2, 0.25) is 5.79 Å². The number of hydrogen-bond donors (Lipinski definition) is 1. The van der Waals surface area contributed by atoms with Crippen molar-refractivity contribution in [3.63, 3.8) is 0 Å². The molecule has 1 aliphatic rings. The van der Waals surface area contributed by atoms with Gasteiger partial charge >= 0.3 is 7.60 Å². The molecule has 1 saturated heterocycles. The molecule has 49 heavy (non-hydrogen) atoms. The van der Waals surface area contributed by atoms with Gasteiger partial charge in [0.05, 0.1) is 46.2 Å². The van der Waals surface area contributed by atoms with Gasteiger partial charge in [0.25, 0.3) is 0 Å². The van der Waals surface area contributed by atoms with E-state index in [2.05, 4.69) is 0 Å². The second kappa shape index (κ2) is 18.7. The normalized spacial score (nSPS) is 22.6. The lowest BCUT2D eigenvalue weighted by Crippen LogP contribution is -2.68. The van der Waals surface area contributed by atoms with Crippen molar-refractivity contribution in [1.82, 2.24) is 0 Å². The number of aliphatic hydroxyl groups is 1. The highest BCUT2D eigenvalue weighted by atomic mass is 31.2. The zero-order chi connectivity index (χ0) is 34.4. The number of rotatable bonds is 19. The number of benzene rings is 4. The fraction of sp³-hybridized carbons (Fsp3) is 0.385. The largest absolute Gasteiger partial charge is 0.374 e. The van der Waals surface area contributed by atoms with Crippen molar-refractivity contribution in [3.8, 4) is 0 Å². The molecule has 4 aromatic carbocycles. The molecule has 0 aliphatic carbocycles. The second-order valence-corrected chi connectivity index (χ2v) is 13.9. The van der Waals surface area contributed by atoms with Gasteiger partial charge in [-0.2, -0.15) is 0 Å². The Morgan fingerprint density at radius 3 is 1.47 bits per heavy atom. The summed E-state index contributed by atoms with van der Waals surface area (Å²) in [4.78, 5) is 0. The van der Waals surface area contributed by atoms with Gasteiger partial charge in [0, 0.05) is 0 Å². The molecule has 1 heterocycles. The van der Waals surface area contributed by atoms with Crippen LogP contribution >= 0.6 is 7.60 Å². The Morgan fingerprint density at radius 1 is 0.612 bits per heavy atom. The average molecular weight is 691 g/mol.